The van der Waals surface area contributed by atoms with Crippen molar-refractivity contribution >= 4 is 45.2 Å². The lowest BCUT2D eigenvalue weighted by Crippen LogP contribution is -2.34. The number of nitrogens with zero attached hydrogens (tertiary/aromatic N) is 2. The van der Waals surface area contributed by atoms with Crippen LogP contribution in [0.3, 0.4) is 0 Å². The summed E-state index contributed by atoms with van der Waals surface area (Å²) in [6.45, 7) is -0.328. The van der Waals surface area contributed by atoms with Gasteiger partial charge in [0.2, 0.25) is 0 Å². The molecule has 1 aliphatic rings. The fourth-order valence-corrected chi connectivity index (χ4v) is 2.67. The number of imidazole rings is 1. The van der Waals surface area contributed by atoms with Gasteiger partial charge in [0, 0.05) is 0 Å². The zero-order valence-corrected chi connectivity index (χ0v) is 12.4. The normalized spacial score (nSPS) is 34.6. The molecule has 0 aliphatic carbocycles. The number of aliphatic hydroxyl groups excluding tert-OH is 2. The van der Waals surface area contributed by atoms with E-state index in [2.05, 4.69) is 4.98 Å². The van der Waals surface area contributed by atoms with E-state index in [9.17, 15) is 10.2 Å². The van der Waals surface area contributed by atoms with Gasteiger partial charge >= 0.3 is 0 Å². The molecule has 1 aromatic heterocycles. The summed E-state index contributed by atoms with van der Waals surface area (Å²) < 4.78 is 8.19. The lowest BCUT2D eigenvalue weighted by atomic mass is 10.2. The molecule has 2 heterocycles. The first-order chi connectivity index (χ1) is 7.48. The first-order valence-electron chi connectivity index (χ1n) is 4.56. The number of aromatic nitrogens is 2. The van der Waals surface area contributed by atoms with Crippen LogP contribution in [0.4, 0.5) is 0 Å². The van der Waals surface area contributed by atoms with Gasteiger partial charge in [0.05, 0.1) is 19.1 Å². The lowest BCUT2D eigenvalue weighted by Gasteiger charge is -2.24. The molecule has 0 radical (unpaired) electrons. The Hall–Kier alpha value is 0.510. The molecule has 0 amide bonds. The van der Waals surface area contributed by atoms with E-state index < -0.39 is 18.1 Å². The van der Waals surface area contributed by atoms with Crippen molar-refractivity contribution in [1.29, 1.82) is 0 Å². The Balaban J connectivity index is 2.31. The van der Waals surface area contributed by atoms with Gasteiger partial charge in [0.25, 0.3) is 5.91 Å². The van der Waals surface area contributed by atoms with Crippen molar-refractivity contribution in [2.24, 2.45) is 0 Å². The standard InChI is InChI=1S/C8H10I2N2O4/c9-6-7(10)12(3-11-6)8(15)1-4(14)5(2-13)16-8/h3-5,13-15H,1-2H2/t4-,5+,8-/m0/s1. The van der Waals surface area contributed by atoms with Gasteiger partial charge in [-0.3, -0.25) is 4.57 Å². The van der Waals surface area contributed by atoms with Gasteiger partial charge in [0.15, 0.2) is 0 Å². The van der Waals surface area contributed by atoms with Crippen molar-refractivity contribution in [2.75, 3.05) is 6.61 Å². The molecule has 16 heavy (non-hydrogen) atoms. The third-order valence-corrected chi connectivity index (χ3v) is 5.32. The van der Waals surface area contributed by atoms with Crippen molar-refractivity contribution in [3.63, 3.8) is 0 Å². The molecule has 90 valence electrons. The largest absolute Gasteiger partial charge is 0.394 e. The van der Waals surface area contributed by atoms with Crippen LogP contribution in [0, 0.1) is 7.40 Å². The van der Waals surface area contributed by atoms with E-state index in [1.165, 1.54) is 10.9 Å². The Morgan fingerprint density at radius 2 is 2.31 bits per heavy atom. The molecule has 0 aromatic carbocycles. The molecule has 0 spiro atoms. The molecule has 0 unspecified atom stereocenters. The van der Waals surface area contributed by atoms with E-state index in [0.29, 0.717) is 0 Å². The highest BCUT2D eigenvalue weighted by Gasteiger charge is 2.47. The molecule has 1 aliphatic heterocycles. The van der Waals surface area contributed by atoms with E-state index >= 15 is 0 Å². The van der Waals surface area contributed by atoms with Crippen LogP contribution >= 0.6 is 45.2 Å². The van der Waals surface area contributed by atoms with Gasteiger partial charge in [-0.25, -0.2) is 4.98 Å². The van der Waals surface area contributed by atoms with Crippen molar-refractivity contribution in [1.82, 2.24) is 9.55 Å². The van der Waals surface area contributed by atoms with Crippen LogP contribution in [0.15, 0.2) is 6.33 Å². The predicted octanol–water partition coefficient (Wildman–Crippen LogP) is -0.163. The highest BCUT2D eigenvalue weighted by atomic mass is 127. The van der Waals surface area contributed by atoms with Gasteiger partial charge in [-0.2, -0.15) is 0 Å². The Bertz CT molecular complexity index is 399. The molecule has 1 aromatic rings. The highest BCUT2D eigenvalue weighted by Crippen LogP contribution is 2.34. The van der Waals surface area contributed by atoms with E-state index in [1.807, 2.05) is 45.2 Å². The molecule has 0 bridgehead atoms. The first kappa shape index (κ1) is 13.0. The minimum absolute atomic E-state index is 0.0146. The van der Waals surface area contributed by atoms with Crippen molar-refractivity contribution in [3.05, 3.63) is 13.7 Å². The monoisotopic (exact) mass is 452 g/mol. The van der Waals surface area contributed by atoms with E-state index in [4.69, 9.17) is 9.84 Å². The molecule has 1 fully saturated rings. The van der Waals surface area contributed by atoms with Crippen LogP contribution in [0.25, 0.3) is 0 Å². The van der Waals surface area contributed by atoms with Crippen LogP contribution in [-0.2, 0) is 10.6 Å². The minimum Gasteiger partial charge on any atom is -0.394 e. The Labute approximate surface area is 119 Å². The second kappa shape index (κ2) is 4.65. The van der Waals surface area contributed by atoms with Gasteiger partial charge in [-0.15, -0.1) is 0 Å². The maximum absolute atomic E-state index is 10.3. The Morgan fingerprint density at radius 1 is 1.62 bits per heavy atom. The Morgan fingerprint density at radius 3 is 2.75 bits per heavy atom. The molecule has 0 saturated carbocycles. The molecule has 2 rings (SSSR count). The molecule has 3 N–H and O–H groups in total. The molecule has 3 atom stereocenters. The smallest absolute Gasteiger partial charge is 0.257 e. The number of aliphatic hydroxyl groups is 3. The quantitative estimate of drug-likeness (QED) is 0.544. The summed E-state index contributed by atoms with van der Waals surface area (Å²) in [7, 11) is 0. The molecule has 1 saturated heterocycles. The lowest BCUT2D eigenvalue weighted by molar-refractivity contribution is -0.257. The number of rotatable bonds is 2. The average Bonchev–Trinajstić information content (AvgIpc) is 2.70. The van der Waals surface area contributed by atoms with Crippen LogP contribution in [0.1, 0.15) is 6.42 Å². The topological polar surface area (TPSA) is 87.7 Å². The molecular weight excluding hydrogens is 442 g/mol. The zero-order valence-electron chi connectivity index (χ0n) is 8.05. The molecular formula is C8H10I2N2O4. The number of halogens is 2. The minimum atomic E-state index is -1.63. The summed E-state index contributed by atoms with van der Waals surface area (Å²) in [5.74, 6) is -1.63. The van der Waals surface area contributed by atoms with Crippen molar-refractivity contribution in [2.45, 2.75) is 24.5 Å². The van der Waals surface area contributed by atoms with Gasteiger partial charge in [-0.05, 0) is 45.2 Å². The first-order valence-corrected chi connectivity index (χ1v) is 6.71. The van der Waals surface area contributed by atoms with Gasteiger partial charge < -0.3 is 20.1 Å². The summed E-state index contributed by atoms with van der Waals surface area (Å²) in [6.07, 6.45) is -0.178. The van der Waals surface area contributed by atoms with Crippen molar-refractivity contribution < 1.29 is 20.1 Å². The molecule has 8 heteroatoms. The summed E-state index contributed by atoms with van der Waals surface area (Å²) in [5, 5.41) is 28.8. The van der Waals surface area contributed by atoms with E-state index in [1.54, 1.807) is 0 Å². The maximum atomic E-state index is 10.3. The van der Waals surface area contributed by atoms with Crippen LogP contribution in [0.5, 0.6) is 0 Å². The van der Waals surface area contributed by atoms with Crippen LogP contribution in [-0.4, -0.2) is 43.7 Å². The number of ether oxygens (including phenoxy) is 1. The summed E-state index contributed by atoms with van der Waals surface area (Å²) in [4.78, 5) is 4.04. The van der Waals surface area contributed by atoms with Gasteiger partial charge in [-0.1, -0.05) is 0 Å². The predicted molar refractivity (Wildman–Crippen MR) is 70.4 cm³/mol. The second-order valence-electron chi connectivity index (χ2n) is 3.55. The molecule has 6 nitrogen and oxygen atoms in total. The highest BCUT2D eigenvalue weighted by molar-refractivity contribution is 14.1. The third-order valence-electron chi connectivity index (χ3n) is 2.47. The Kier molecular flexibility index (Phi) is 3.76. The van der Waals surface area contributed by atoms with Crippen LogP contribution < -0.4 is 0 Å². The van der Waals surface area contributed by atoms with Crippen molar-refractivity contribution in [3.8, 4) is 0 Å². The SMILES string of the molecule is OC[C@H]1O[C@](O)(n2cnc(I)c2I)C[C@@H]1O. The van der Waals surface area contributed by atoms with Gasteiger partial charge in [0.1, 0.15) is 19.8 Å². The average molecular weight is 452 g/mol. The maximum Gasteiger partial charge on any atom is 0.257 e. The van der Waals surface area contributed by atoms with E-state index in [0.717, 1.165) is 7.40 Å². The summed E-state index contributed by atoms with van der Waals surface area (Å²) in [6, 6.07) is 0. The summed E-state index contributed by atoms with van der Waals surface area (Å²) >= 11 is 4.07. The van der Waals surface area contributed by atoms with Crippen LogP contribution in [0.2, 0.25) is 0 Å². The third kappa shape index (κ3) is 2.10. The second-order valence-corrected chi connectivity index (χ2v) is 5.59. The fourth-order valence-electron chi connectivity index (χ4n) is 1.64. The van der Waals surface area contributed by atoms with E-state index in [-0.39, 0.29) is 13.0 Å². The number of hydrogen-bond donors (Lipinski definition) is 3. The fraction of sp³-hybridized carbons (Fsp3) is 0.625. The zero-order chi connectivity index (χ0) is 11.9. The number of hydrogen-bond acceptors (Lipinski definition) is 5. The summed E-state index contributed by atoms with van der Waals surface area (Å²) in [5.41, 5.74) is 0.